The molecule has 0 bridgehead atoms. The van der Waals surface area contributed by atoms with Crippen molar-refractivity contribution in [2.45, 2.75) is 19.8 Å². The molecule has 5 heteroatoms. The number of nitro benzene ring substituents is 1. The van der Waals surface area contributed by atoms with Crippen LogP contribution >= 0.6 is 0 Å². The lowest BCUT2D eigenvalue weighted by Crippen LogP contribution is -2.14. The molecule has 1 N–H and O–H groups in total. The number of nitrogens with one attached hydrogen (secondary N) is 1. The van der Waals surface area contributed by atoms with Gasteiger partial charge in [-0.2, -0.15) is 0 Å². The summed E-state index contributed by atoms with van der Waals surface area (Å²) in [6.45, 7) is 1.83. The summed E-state index contributed by atoms with van der Waals surface area (Å²) in [4.78, 5) is 21.8. The molecule has 16 heavy (non-hydrogen) atoms. The first-order chi connectivity index (χ1) is 7.58. The van der Waals surface area contributed by atoms with Gasteiger partial charge >= 0.3 is 0 Å². The first-order valence-electron chi connectivity index (χ1n) is 5.14. The van der Waals surface area contributed by atoms with E-state index in [1.54, 1.807) is 12.1 Å². The van der Waals surface area contributed by atoms with Gasteiger partial charge < -0.3 is 5.32 Å². The van der Waals surface area contributed by atoms with E-state index < -0.39 is 4.92 Å². The van der Waals surface area contributed by atoms with E-state index in [4.69, 9.17) is 0 Å². The number of hydrogen-bond donors (Lipinski definition) is 1. The fourth-order valence-corrected chi connectivity index (χ4v) is 1.49. The van der Waals surface area contributed by atoms with Crippen molar-refractivity contribution < 1.29 is 9.72 Å². The molecule has 0 radical (unpaired) electrons. The van der Waals surface area contributed by atoms with E-state index in [2.05, 4.69) is 5.32 Å². The quantitative estimate of drug-likeness (QED) is 0.627. The Labute approximate surface area is 92.6 Å². The molecule has 0 aliphatic heterocycles. The number of amides is 1. The summed E-state index contributed by atoms with van der Waals surface area (Å²) >= 11 is 0. The molecule has 2 rings (SSSR count). The lowest BCUT2D eigenvalue weighted by atomic mass is 10.2. The number of carbonyl (C=O) groups excluding carboxylic acids is 1. The number of aryl methyl sites for hydroxylation is 1. The van der Waals surface area contributed by atoms with E-state index in [0.29, 0.717) is 5.69 Å². The van der Waals surface area contributed by atoms with Crippen LogP contribution < -0.4 is 5.32 Å². The van der Waals surface area contributed by atoms with E-state index >= 15 is 0 Å². The van der Waals surface area contributed by atoms with Crippen LogP contribution in [-0.2, 0) is 4.79 Å². The van der Waals surface area contributed by atoms with Gasteiger partial charge in [-0.05, 0) is 31.4 Å². The highest BCUT2D eigenvalue weighted by Crippen LogP contribution is 2.32. The molecule has 0 heterocycles. The molecule has 1 aromatic carbocycles. The molecule has 0 unspecified atom stereocenters. The molecule has 84 valence electrons. The SMILES string of the molecule is Cc1ccc([N+](=O)[O-])c(NC(=O)C2CC2)c1. The van der Waals surface area contributed by atoms with Crippen molar-refractivity contribution in [2.75, 3.05) is 5.32 Å². The molecule has 1 aliphatic rings. The van der Waals surface area contributed by atoms with Crippen molar-refractivity contribution in [2.24, 2.45) is 5.92 Å². The van der Waals surface area contributed by atoms with Crippen LogP contribution in [0, 0.1) is 23.0 Å². The van der Waals surface area contributed by atoms with Gasteiger partial charge in [0, 0.05) is 12.0 Å². The maximum atomic E-state index is 11.5. The Bertz CT molecular complexity index is 453. The zero-order chi connectivity index (χ0) is 11.7. The predicted octanol–water partition coefficient (Wildman–Crippen LogP) is 2.25. The Morgan fingerprint density at radius 1 is 1.50 bits per heavy atom. The third-order valence-corrected chi connectivity index (χ3v) is 2.55. The molecule has 0 aromatic heterocycles. The van der Waals surface area contributed by atoms with E-state index in [1.807, 2.05) is 6.92 Å². The number of rotatable bonds is 3. The Kier molecular flexibility index (Phi) is 2.60. The number of carbonyl (C=O) groups is 1. The Hall–Kier alpha value is -1.91. The first-order valence-corrected chi connectivity index (χ1v) is 5.14. The molecular formula is C11H12N2O3. The van der Waals surface area contributed by atoms with Gasteiger partial charge in [-0.1, -0.05) is 6.07 Å². The second kappa shape index (κ2) is 3.92. The number of anilines is 1. The maximum Gasteiger partial charge on any atom is 0.292 e. The predicted molar refractivity (Wildman–Crippen MR) is 59.2 cm³/mol. The third kappa shape index (κ3) is 2.18. The summed E-state index contributed by atoms with van der Waals surface area (Å²) in [5.41, 5.74) is 1.12. The van der Waals surface area contributed by atoms with Crippen LogP contribution in [0.15, 0.2) is 18.2 Å². The van der Waals surface area contributed by atoms with Crippen LogP contribution in [0.1, 0.15) is 18.4 Å². The van der Waals surface area contributed by atoms with Gasteiger partial charge in [0.1, 0.15) is 5.69 Å². The fraction of sp³-hybridized carbons (Fsp3) is 0.364. The van der Waals surface area contributed by atoms with Gasteiger partial charge in [0.25, 0.3) is 5.69 Å². The Balaban J connectivity index is 2.26. The second-order valence-electron chi connectivity index (χ2n) is 4.04. The van der Waals surface area contributed by atoms with Crippen molar-refractivity contribution in [1.82, 2.24) is 0 Å². The summed E-state index contributed by atoms with van der Waals surface area (Å²) in [5.74, 6) is -0.0752. The molecular weight excluding hydrogens is 208 g/mol. The Morgan fingerprint density at radius 2 is 2.19 bits per heavy atom. The van der Waals surface area contributed by atoms with Gasteiger partial charge in [-0.15, -0.1) is 0 Å². The molecule has 0 saturated heterocycles. The van der Waals surface area contributed by atoms with Crippen molar-refractivity contribution in [3.8, 4) is 0 Å². The minimum absolute atomic E-state index is 0.0418. The van der Waals surface area contributed by atoms with Gasteiger partial charge in [0.15, 0.2) is 0 Å². The first kappa shape index (κ1) is 10.6. The average molecular weight is 220 g/mol. The topological polar surface area (TPSA) is 72.2 Å². The van der Waals surface area contributed by atoms with Crippen LogP contribution in [0.3, 0.4) is 0 Å². The number of hydrogen-bond acceptors (Lipinski definition) is 3. The minimum atomic E-state index is -0.484. The smallest absolute Gasteiger partial charge is 0.292 e. The molecule has 0 spiro atoms. The Morgan fingerprint density at radius 3 is 2.75 bits per heavy atom. The minimum Gasteiger partial charge on any atom is -0.320 e. The molecule has 0 atom stereocenters. The molecule has 5 nitrogen and oxygen atoms in total. The zero-order valence-electron chi connectivity index (χ0n) is 8.90. The molecule has 1 amide bonds. The van der Waals surface area contributed by atoms with Crippen molar-refractivity contribution in [3.63, 3.8) is 0 Å². The standard InChI is InChI=1S/C11H12N2O3/c1-7-2-5-10(13(15)16)9(6-7)12-11(14)8-3-4-8/h2,5-6,8H,3-4H2,1H3,(H,12,14). The van der Waals surface area contributed by atoms with Gasteiger partial charge in [-0.25, -0.2) is 0 Å². The second-order valence-corrected chi connectivity index (χ2v) is 4.04. The molecule has 1 fully saturated rings. The van der Waals surface area contributed by atoms with Crippen molar-refractivity contribution >= 4 is 17.3 Å². The third-order valence-electron chi connectivity index (χ3n) is 2.55. The van der Waals surface area contributed by atoms with Crippen molar-refractivity contribution in [1.29, 1.82) is 0 Å². The van der Waals surface area contributed by atoms with E-state index in [9.17, 15) is 14.9 Å². The monoisotopic (exact) mass is 220 g/mol. The summed E-state index contributed by atoms with van der Waals surface area (Å²) in [7, 11) is 0. The van der Waals surface area contributed by atoms with Crippen molar-refractivity contribution in [3.05, 3.63) is 33.9 Å². The highest BCUT2D eigenvalue weighted by Gasteiger charge is 2.30. The fourth-order valence-electron chi connectivity index (χ4n) is 1.49. The summed E-state index contributed by atoms with van der Waals surface area (Å²) in [6.07, 6.45) is 1.76. The van der Waals surface area contributed by atoms with E-state index in [0.717, 1.165) is 18.4 Å². The summed E-state index contributed by atoms with van der Waals surface area (Å²) in [5, 5.41) is 13.4. The van der Waals surface area contributed by atoms with Crippen LogP contribution in [0.5, 0.6) is 0 Å². The lowest BCUT2D eigenvalue weighted by molar-refractivity contribution is -0.383. The van der Waals surface area contributed by atoms with Gasteiger partial charge in [-0.3, -0.25) is 14.9 Å². The molecule has 1 saturated carbocycles. The lowest BCUT2D eigenvalue weighted by Gasteiger charge is -2.05. The molecule has 1 aliphatic carbocycles. The normalized spacial score (nSPS) is 14.6. The average Bonchev–Trinajstić information content (AvgIpc) is 2.99. The summed E-state index contributed by atoms with van der Waals surface area (Å²) in [6, 6.07) is 4.70. The maximum absolute atomic E-state index is 11.5. The molecule has 1 aromatic rings. The largest absolute Gasteiger partial charge is 0.320 e. The van der Waals surface area contributed by atoms with E-state index in [1.165, 1.54) is 6.07 Å². The number of nitrogens with zero attached hydrogens (tertiary/aromatic N) is 1. The zero-order valence-corrected chi connectivity index (χ0v) is 8.90. The highest BCUT2D eigenvalue weighted by atomic mass is 16.6. The number of nitro groups is 1. The van der Waals surface area contributed by atoms with Crippen LogP contribution in [0.4, 0.5) is 11.4 Å². The van der Waals surface area contributed by atoms with Crippen LogP contribution in [0.25, 0.3) is 0 Å². The van der Waals surface area contributed by atoms with E-state index in [-0.39, 0.29) is 17.5 Å². The van der Waals surface area contributed by atoms with Gasteiger partial charge in [0.05, 0.1) is 4.92 Å². The summed E-state index contributed by atoms with van der Waals surface area (Å²) < 4.78 is 0. The van der Waals surface area contributed by atoms with Crippen LogP contribution in [-0.4, -0.2) is 10.8 Å². The number of benzene rings is 1. The highest BCUT2D eigenvalue weighted by molar-refractivity contribution is 5.96. The van der Waals surface area contributed by atoms with Gasteiger partial charge in [0.2, 0.25) is 5.91 Å². The van der Waals surface area contributed by atoms with Crippen LogP contribution in [0.2, 0.25) is 0 Å².